The number of hydrogen-bond acceptors (Lipinski definition) is 2. The van der Waals surface area contributed by atoms with Crippen molar-refractivity contribution in [1.29, 1.82) is 0 Å². The molecule has 1 aromatic rings. The number of carbonyl (C=O) groups excluding carboxylic acids is 2. The number of rotatable bonds is 1. The molecule has 4 aliphatic rings. The molecule has 23 heavy (non-hydrogen) atoms. The molecule has 0 N–H and O–H groups in total. The van der Waals surface area contributed by atoms with E-state index in [-0.39, 0.29) is 35.5 Å². The van der Waals surface area contributed by atoms with Gasteiger partial charge in [-0.1, -0.05) is 41.5 Å². The van der Waals surface area contributed by atoms with Crippen molar-refractivity contribution >= 4 is 17.5 Å². The first-order valence-electron chi connectivity index (χ1n) is 8.60. The van der Waals surface area contributed by atoms with Gasteiger partial charge in [0.25, 0.3) is 0 Å². The molecule has 0 spiro atoms. The van der Waals surface area contributed by atoms with Crippen molar-refractivity contribution in [1.82, 2.24) is 0 Å². The number of nitrogens with zero attached hydrogens (tertiary/aromatic N) is 1. The van der Waals surface area contributed by atoms with Gasteiger partial charge in [0, 0.05) is 11.8 Å². The van der Waals surface area contributed by atoms with E-state index in [0.717, 1.165) is 12.8 Å². The Morgan fingerprint density at radius 1 is 0.826 bits per heavy atom. The normalized spacial score (nSPS) is 34.9. The largest absolute Gasteiger partial charge is 0.274 e. The van der Waals surface area contributed by atoms with E-state index in [2.05, 4.69) is 12.2 Å². The van der Waals surface area contributed by atoms with Gasteiger partial charge in [-0.25, -0.2) is 4.90 Å². The molecular weight excluding hydrogens is 286 g/mol. The van der Waals surface area contributed by atoms with Crippen LogP contribution in [0.2, 0.25) is 0 Å². The summed E-state index contributed by atoms with van der Waals surface area (Å²) < 4.78 is 0. The van der Waals surface area contributed by atoms with Crippen molar-refractivity contribution in [3.63, 3.8) is 0 Å². The van der Waals surface area contributed by atoms with Gasteiger partial charge >= 0.3 is 0 Å². The average molecular weight is 305 g/mol. The number of carbonyl (C=O) groups is 2. The van der Waals surface area contributed by atoms with Gasteiger partial charge in [0.05, 0.1) is 17.5 Å². The first kappa shape index (κ1) is 13.3. The molecule has 0 aromatic heterocycles. The minimum Gasteiger partial charge on any atom is -0.274 e. The lowest BCUT2D eigenvalue weighted by molar-refractivity contribution is -0.122. The number of para-hydroxylation sites is 1. The molecule has 5 rings (SSSR count). The third-order valence-electron chi connectivity index (χ3n) is 6.05. The summed E-state index contributed by atoms with van der Waals surface area (Å²) in [7, 11) is 0. The molecule has 2 amide bonds. The Labute approximate surface area is 135 Å². The van der Waals surface area contributed by atoms with Gasteiger partial charge < -0.3 is 0 Å². The second-order valence-corrected chi connectivity index (χ2v) is 7.10. The maximum absolute atomic E-state index is 13.0. The van der Waals surface area contributed by atoms with E-state index in [9.17, 15) is 9.59 Å². The summed E-state index contributed by atoms with van der Waals surface area (Å²) in [5.41, 5.74) is 3.67. The number of benzene rings is 1. The SMILES string of the molecule is O=C1[C@@H]2[C@@H](C(=O)N1c1ccccc1)[C@H]1C=C[C@@H]2C1=C1CCCC1. The van der Waals surface area contributed by atoms with Crippen molar-refractivity contribution in [2.24, 2.45) is 23.7 Å². The fraction of sp³-hybridized carbons (Fsp3) is 0.400. The Balaban J connectivity index is 1.57. The molecule has 3 fully saturated rings. The van der Waals surface area contributed by atoms with Crippen LogP contribution in [0.4, 0.5) is 5.69 Å². The lowest BCUT2D eigenvalue weighted by Gasteiger charge is -2.19. The number of imide groups is 1. The molecule has 1 aliphatic heterocycles. The van der Waals surface area contributed by atoms with Crippen molar-refractivity contribution in [2.75, 3.05) is 4.90 Å². The molecular formula is C20H19NO2. The molecule has 1 saturated heterocycles. The van der Waals surface area contributed by atoms with Gasteiger partial charge in [-0.15, -0.1) is 0 Å². The van der Waals surface area contributed by atoms with E-state index in [1.807, 2.05) is 30.3 Å². The van der Waals surface area contributed by atoms with Gasteiger partial charge in [-0.3, -0.25) is 9.59 Å². The minimum absolute atomic E-state index is 0.000790. The average Bonchev–Trinajstić information content (AvgIpc) is 3.31. The fourth-order valence-corrected chi connectivity index (χ4v) is 5.16. The summed E-state index contributed by atoms with van der Waals surface area (Å²) in [6.07, 6.45) is 9.21. The maximum atomic E-state index is 13.0. The second kappa shape index (κ2) is 4.67. The zero-order valence-electron chi connectivity index (χ0n) is 12.9. The van der Waals surface area contributed by atoms with Gasteiger partial charge in [0.15, 0.2) is 0 Å². The molecule has 1 heterocycles. The van der Waals surface area contributed by atoms with Crippen LogP contribution in [0.25, 0.3) is 0 Å². The molecule has 0 radical (unpaired) electrons. The zero-order valence-corrected chi connectivity index (χ0v) is 12.9. The van der Waals surface area contributed by atoms with Gasteiger partial charge in [0.1, 0.15) is 0 Å². The Bertz CT molecular complexity index is 719. The lowest BCUT2D eigenvalue weighted by Crippen LogP contribution is -2.33. The molecule has 1 aromatic carbocycles. The topological polar surface area (TPSA) is 37.4 Å². The van der Waals surface area contributed by atoms with Crippen molar-refractivity contribution in [2.45, 2.75) is 25.7 Å². The smallest absolute Gasteiger partial charge is 0.238 e. The molecule has 0 unspecified atom stereocenters. The number of hydrogen-bond donors (Lipinski definition) is 0. The Morgan fingerprint density at radius 2 is 1.39 bits per heavy atom. The highest BCUT2D eigenvalue weighted by atomic mass is 16.2. The van der Waals surface area contributed by atoms with Crippen LogP contribution in [0.5, 0.6) is 0 Å². The molecule has 3 nitrogen and oxygen atoms in total. The Hall–Kier alpha value is -2.16. The van der Waals surface area contributed by atoms with Crippen molar-refractivity contribution in [3.05, 3.63) is 53.6 Å². The van der Waals surface area contributed by atoms with E-state index >= 15 is 0 Å². The van der Waals surface area contributed by atoms with Gasteiger partial charge in [0.2, 0.25) is 11.8 Å². The standard InChI is InChI=1S/C20H19NO2/c22-19-17-14-10-11-15(16(14)12-6-4-5-7-12)18(17)20(23)21(19)13-8-2-1-3-9-13/h1-3,8-11,14-15,17-18H,4-7H2/t14-,15+,17-,18-/m0/s1. The van der Waals surface area contributed by atoms with E-state index in [4.69, 9.17) is 0 Å². The summed E-state index contributed by atoms with van der Waals surface area (Å²) in [5.74, 6) is 0.00595. The number of fused-ring (bicyclic) bond motifs is 5. The minimum atomic E-state index is -0.166. The van der Waals surface area contributed by atoms with Crippen LogP contribution in [0.1, 0.15) is 25.7 Å². The van der Waals surface area contributed by atoms with Crippen molar-refractivity contribution < 1.29 is 9.59 Å². The lowest BCUT2D eigenvalue weighted by atomic mass is 9.85. The van der Waals surface area contributed by atoms with Crippen LogP contribution in [0, 0.1) is 23.7 Å². The third kappa shape index (κ3) is 1.65. The predicted molar refractivity (Wildman–Crippen MR) is 87.5 cm³/mol. The van der Waals surface area contributed by atoms with E-state index in [1.165, 1.54) is 28.9 Å². The molecule has 2 bridgehead atoms. The molecule has 3 heteroatoms. The third-order valence-corrected chi connectivity index (χ3v) is 6.05. The van der Waals surface area contributed by atoms with Gasteiger partial charge in [-0.05, 0) is 37.8 Å². The van der Waals surface area contributed by atoms with E-state index < -0.39 is 0 Å². The predicted octanol–water partition coefficient (Wildman–Crippen LogP) is 3.48. The highest BCUT2D eigenvalue weighted by molar-refractivity contribution is 6.23. The summed E-state index contributed by atoms with van der Waals surface area (Å²) >= 11 is 0. The number of allylic oxidation sites excluding steroid dienone is 4. The summed E-state index contributed by atoms with van der Waals surface area (Å²) in [5, 5.41) is 0. The fourth-order valence-electron chi connectivity index (χ4n) is 5.16. The highest BCUT2D eigenvalue weighted by Gasteiger charge is 2.62. The monoisotopic (exact) mass is 305 g/mol. The summed E-state index contributed by atoms with van der Waals surface area (Å²) in [6.45, 7) is 0. The summed E-state index contributed by atoms with van der Waals surface area (Å²) in [4.78, 5) is 27.4. The van der Waals surface area contributed by atoms with Crippen LogP contribution < -0.4 is 4.90 Å². The number of amides is 2. The van der Waals surface area contributed by atoms with Crippen LogP contribution in [-0.4, -0.2) is 11.8 Å². The highest BCUT2D eigenvalue weighted by Crippen LogP contribution is 2.58. The van der Waals surface area contributed by atoms with Crippen LogP contribution >= 0.6 is 0 Å². The van der Waals surface area contributed by atoms with E-state index in [0.29, 0.717) is 5.69 Å². The van der Waals surface area contributed by atoms with Crippen LogP contribution in [0.3, 0.4) is 0 Å². The number of anilines is 1. The first-order chi connectivity index (χ1) is 11.3. The van der Waals surface area contributed by atoms with Gasteiger partial charge in [-0.2, -0.15) is 0 Å². The van der Waals surface area contributed by atoms with E-state index in [1.54, 1.807) is 0 Å². The molecule has 3 aliphatic carbocycles. The van der Waals surface area contributed by atoms with Crippen LogP contribution in [-0.2, 0) is 9.59 Å². The second-order valence-electron chi connectivity index (χ2n) is 7.10. The Kier molecular flexibility index (Phi) is 2.70. The molecule has 116 valence electrons. The quantitative estimate of drug-likeness (QED) is 0.588. The molecule has 2 saturated carbocycles. The molecule has 4 atom stereocenters. The first-order valence-corrected chi connectivity index (χ1v) is 8.60. The summed E-state index contributed by atoms with van der Waals surface area (Å²) in [6, 6.07) is 9.36. The zero-order chi connectivity index (χ0) is 15.6. The van der Waals surface area contributed by atoms with Crippen molar-refractivity contribution in [3.8, 4) is 0 Å². The maximum Gasteiger partial charge on any atom is 0.238 e. The van der Waals surface area contributed by atoms with Crippen LogP contribution in [0.15, 0.2) is 53.6 Å². The Morgan fingerprint density at radius 3 is 1.96 bits per heavy atom.